The molecule has 1 aliphatic heterocycles. The van der Waals surface area contributed by atoms with Crippen molar-refractivity contribution >= 4 is 35.5 Å². The first kappa shape index (κ1) is 19.6. The number of aryl methyl sites for hydroxylation is 1. The maximum atomic E-state index is 14.3. The van der Waals surface area contributed by atoms with Crippen LogP contribution in [0.3, 0.4) is 0 Å². The Kier molecular flexibility index (Phi) is 5.69. The number of aromatic nitrogens is 2. The van der Waals surface area contributed by atoms with E-state index in [9.17, 15) is 14.3 Å². The molecule has 27 heavy (non-hydrogen) atoms. The van der Waals surface area contributed by atoms with Gasteiger partial charge in [-0.15, -0.1) is 0 Å². The van der Waals surface area contributed by atoms with E-state index in [4.69, 9.17) is 4.74 Å². The Morgan fingerprint density at radius 3 is 2.70 bits per heavy atom. The van der Waals surface area contributed by atoms with E-state index >= 15 is 0 Å². The number of aromatic carboxylic acids is 1. The van der Waals surface area contributed by atoms with E-state index < -0.39 is 11.8 Å². The van der Waals surface area contributed by atoms with Crippen LogP contribution in [-0.2, 0) is 19.9 Å². The van der Waals surface area contributed by atoms with Crippen LogP contribution in [0.2, 0.25) is 0 Å². The summed E-state index contributed by atoms with van der Waals surface area (Å²) in [5, 5.41) is 9.26. The van der Waals surface area contributed by atoms with Crippen molar-refractivity contribution in [2.45, 2.75) is 12.8 Å². The fourth-order valence-electron chi connectivity index (χ4n) is 3.28. The number of fused-ring (bicyclic) bond motifs is 1. The molecule has 0 bridgehead atoms. The van der Waals surface area contributed by atoms with Crippen molar-refractivity contribution in [3.63, 3.8) is 0 Å². The van der Waals surface area contributed by atoms with Crippen molar-refractivity contribution in [1.82, 2.24) is 9.55 Å². The molecule has 4 rings (SSSR count). The first-order valence-corrected chi connectivity index (χ1v) is 8.30. The van der Waals surface area contributed by atoms with E-state index in [-0.39, 0.29) is 35.1 Å². The van der Waals surface area contributed by atoms with Gasteiger partial charge < -0.3 is 14.4 Å². The second-order valence-electron chi connectivity index (χ2n) is 6.41. The molecule has 1 aromatic heterocycles. The van der Waals surface area contributed by atoms with Gasteiger partial charge >= 0.3 is 35.5 Å². The third kappa shape index (κ3) is 3.78. The molecule has 0 fully saturated rings. The summed E-state index contributed by atoms with van der Waals surface area (Å²) in [6.45, 7) is 0.376. The van der Waals surface area contributed by atoms with Crippen molar-refractivity contribution in [3.8, 4) is 17.0 Å². The van der Waals surface area contributed by atoms with Crippen LogP contribution in [0.15, 0.2) is 42.9 Å². The van der Waals surface area contributed by atoms with E-state index in [0.29, 0.717) is 36.3 Å². The number of ether oxygens (including phenoxy) is 1. The van der Waals surface area contributed by atoms with Crippen LogP contribution in [0.5, 0.6) is 5.75 Å². The number of halogens is 1. The van der Waals surface area contributed by atoms with Gasteiger partial charge in [0, 0.05) is 37.2 Å². The van der Waals surface area contributed by atoms with E-state index in [1.165, 1.54) is 6.07 Å². The number of imidazole rings is 1. The van der Waals surface area contributed by atoms with Gasteiger partial charge in [-0.1, -0.05) is 24.3 Å². The third-order valence-corrected chi connectivity index (χ3v) is 4.56. The molecule has 1 aliphatic rings. The molecular weight excluding hydrogens is 358 g/mol. The molecule has 0 amide bonds. The molecule has 7 heteroatoms. The van der Waals surface area contributed by atoms with Crippen LogP contribution in [0, 0.1) is 5.82 Å². The zero-order valence-electron chi connectivity index (χ0n) is 14.2. The Balaban J connectivity index is 0.00000210. The van der Waals surface area contributed by atoms with Gasteiger partial charge in [0.1, 0.15) is 11.6 Å². The van der Waals surface area contributed by atoms with Crippen LogP contribution in [-0.4, -0.2) is 56.8 Å². The summed E-state index contributed by atoms with van der Waals surface area (Å²) < 4.78 is 21.8. The average molecular weight is 376 g/mol. The monoisotopic (exact) mass is 376 g/mol. The standard InChI is InChI=1S/C20H17FN2O3.Na.H/c1-23-10-17(22-11-23)13-4-2-12(3-5-13)8-14-9-16(20(24)25)18(21)15-6-7-26-19(14)15;;/h2-5,9-11H,6-8H2,1H3,(H,24,25);;. The summed E-state index contributed by atoms with van der Waals surface area (Å²) in [6.07, 6.45) is 4.56. The number of hydrogen-bond donors (Lipinski definition) is 1. The minimum atomic E-state index is -1.26. The molecule has 0 saturated heterocycles. The Labute approximate surface area is 178 Å². The summed E-state index contributed by atoms with van der Waals surface area (Å²) >= 11 is 0. The summed E-state index contributed by atoms with van der Waals surface area (Å²) in [5.41, 5.74) is 3.64. The topological polar surface area (TPSA) is 64.4 Å². The molecule has 0 saturated carbocycles. The molecule has 0 atom stereocenters. The molecule has 0 spiro atoms. The first-order valence-electron chi connectivity index (χ1n) is 8.30. The van der Waals surface area contributed by atoms with Crippen LogP contribution in [0.1, 0.15) is 27.0 Å². The molecule has 1 N–H and O–H groups in total. The van der Waals surface area contributed by atoms with E-state index in [2.05, 4.69) is 4.98 Å². The molecule has 5 nitrogen and oxygen atoms in total. The fraction of sp³-hybridized carbons (Fsp3) is 0.200. The SMILES string of the molecule is Cn1cnc(-c2ccc(Cc3cc(C(=O)O)c(F)c4c3OCC4)cc2)c1.[NaH]. The normalized spacial score (nSPS) is 12.2. The Morgan fingerprint density at radius 2 is 2.07 bits per heavy atom. The molecule has 2 heterocycles. The molecule has 3 aromatic rings. The number of hydrogen-bond acceptors (Lipinski definition) is 3. The number of carboxylic acids is 1. The fourth-order valence-corrected chi connectivity index (χ4v) is 3.28. The van der Waals surface area contributed by atoms with Gasteiger partial charge in [0.2, 0.25) is 0 Å². The second-order valence-corrected chi connectivity index (χ2v) is 6.41. The number of nitrogens with zero attached hydrogens (tertiary/aromatic N) is 2. The van der Waals surface area contributed by atoms with Crippen LogP contribution < -0.4 is 4.74 Å². The molecule has 0 radical (unpaired) electrons. The Morgan fingerprint density at radius 1 is 1.33 bits per heavy atom. The molecule has 0 aliphatic carbocycles. The summed E-state index contributed by atoms with van der Waals surface area (Å²) in [7, 11) is 1.92. The van der Waals surface area contributed by atoms with Gasteiger partial charge in [0.25, 0.3) is 0 Å². The Hall–Kier alpha value is -2.15. The minimum absolute atomic E-state index is 0. The summed E-state index contributed by atoms with van der Waals surface area (Å²) in [6, 6.07) is 9.26. The molecule has 134 valence electrons. The number of carboxylic acid groups (broad SMARTS) is 1. The van der Waals surface area contributed by atoms with E-state index in [1.807, 2.05) is 42.1 Å². The van der Waals surface area contributed by atoms with Gasteiger partial charge in [-0.3, -0.25) is 0 Å². The number of benzene rings is 2. The predicted molar refractivity (Wildman–Crippen MR) is 101 cm³/mol. The Bertz CT molecular complexity index is 999. The van der Waals surface area contributed by atoms with E-state index in [1.54, 1.807) is 6.33 Å². The van der Waals surface area contributed by atoms with Crippen molar-refractivity contribution in [2.75, 3.05) is 6.61 Å². The molecule has 2 aromatic carbocycles. The zero-order valence-corrected chi connectivity index (χ0v) is 14.2. The van der Waals surface area contributed by atoms with Crippen LogP contribution in [0.25, 0.3) is 11.3 Å². The summed E-state index contributed by atoms with van der Waals surface area (Å²) in [5.74, 6) is -1.45. The predicted octanol–water partition coefficient (Wildman–Crippen LogP) is 2.80. The number of rotatable bonds is 4. The van der Waals surface area contributed by atoms with Crippen LogP contribution in [0.4, 0.5) is 4.39 Å². The van der Waals surface area contributed by atoms with Crippen molar-refractivity contribution < 1.29 is 19.0 Å². The third-order valence-electron chi connectivity index (χ3n) is 4.56. The van der Waals surface area contributed by atoms with Gasteiger partial charge in [-0.25, -0.2) is 14.2 Å². The van der Waals surface area contributed by atoms with Gasteiger partial charge in [-0.05, 0) is 17.2 Å². The average Bonchev–Trinajstić information content (AvgIpc) is 3.27. The first-order chi connectivity index (χ1) is 12.5. The van der Waals surface area contributed by atoms with Gasteiger partial charge in [-0.2, -0.15) is 0 Å². The quantitative estimate of drug-likeness (QED) is 0.712. The van der Waals surface area contributed by atoms with Crippen molar-refractivity contribution in [1.29, 1.82) is 0 Å². The number of carbonyl (C=O) groups is 1. The van der Waals surface area contributed by atoms with Crippen LogP contribution >= 0.6 is 0 Å². The molecule has 0 unspecified atom stereocenters. The summed E-state index contributed by atoms with van der Waals surface area (Å²) in [4.78, 5) is 15.7. The van der Waals surface area contributed by atoms with Crippen molar-refractivity contribution in [2.24, 2.45) is 7.05 Å². The van der Waals surface area contributed by atoms with E-state index in [0.717, 1.165) is 16.8 Å². The molecular formula is C20H18FN2NaO3. The second kappa shape index (κ2) is 7.84. The maximum absolute atomic E-state index is 14.3. The zero-order chi connectivity index (χ0) is 18.3. The van der Waals surface area contributed by atoms with Gasteiger partial charge in [0.15, 0.2) is 0 Å². The van der Waals surface area contributed by atoms with Crippen molar-refractivity contribution in [3.05, 3.63) is 70.9 Å². The van der Waals surface area contributed by atoms with Gasteiger partial charge in [0.05, 0.1) is 24.2 Å².